The van der Waals surface area contributed by atoms with E-state index in [-0.39, 0.29) is 5.56 Å². The summed E-state index contributed by atoms with van der Waals surface area (Å²) in [4.78, 5) is 0. The standard InChI is InChI=1S/C16H21FN2/c1-15(2)13(16(15,3)4)10-19-9-12-7-5-6-11(8-18)14(12)17/h5-7,13,19H,9-10H2,1-4H3. The van der Waals surface area contributed by atoms with Crippen LogP contribution in [0.4, 0.5) is 4.39 Å². The minimum atomic E-state index is -0.396. The quantitative estimate of drug-likeness (QED) is 0.899. The lowest BCUT2D eigenvalue weighted by Crippen LogP contribution is -2.19. The second-order valence-corrected chi connectivity index (χ2v) is 6.52. The molecule has 3 heteroatoms. The Bertz CT molecular complexity index is 512. The van der Waals surface area contributed by atoms with E-state index in [0.29, 0.717) is 28.9 Å². The Morgan fingerprint density at radius 2 is 1.89 bits per heavy atom. The van der Waals surface area contributed by atoms with Gasteiger partial charge < -0.3 is 5.32 Å². The van der Waals surface area contributed by atoms with Crippen molar-refractivity contribution in [1.29, 1.82) is 5.26 Å². The van der Waals surface area contributed by atoms with Crippen molar-refractivity contribution in [3.63, 3.8) is 0 Å². The van der Waals surface area contributed by atoms with E-state index < -0.39 is 5.82 Å². The van der Waals surface area contributed by atoms with E-state index in [9.17, 15) is 4.39 Å². The first-order chi connectivity index (χ1) is 8.82. The Balaban J connectivity index is 1.93. The fraction of sp³-hybridized carbons (Fsp3) is 0.562. The van der Waals surface area contributed by atoms with E-state index in [4.69, 9.17) is 5.26 Å². The molecule has 1 saturated carbocycles. The molecule has 19 heavy (non-hydrogen) atoms. The van der Waals surface area contributed by atoms with Crippen LogP contribution in [0.1, 0.15) is 38.8 Å². The maximum atomic E-state index is 13.9. The molecular formula is C16H21FN2. The van der Waals surface area contributed by atoms with Gasteiger partial charge in [-0.05, 0) is 29.4 Å². The molecule has 1 aliphatic carbocycles. The number of nitriles is 1. The summed E-state index contributed by atoms with van der Waals surface area (Å²) >= 11 is 0. The van der Waals surface area contributed by atoms with Crippen molar-refractivity contribution in [1.82, 2.24) is 5.32 Å². The van der Waals surface area contributed by atoms with Crippen molar-refractivity contribution in [2.75, 3.05) is 6.54 Å². The van der Waals surface area contributed by atoms with E-state index in [1.807, 2.05) is 6.07 Å². The first-order valence-corrected chi connectivity index (χ1v) is 6.70. The summed E-state index contributed by atoms with van der Waals surface area (Å²) in [7, 11) is 0. The highest BCUT2D eigenvalue weighted by Crippen LogP contribution is 2.67. The average Bonchev–Trinajstić information content (AvgIpc) is 2.73. The smallest absolute Gasteiger partial charge is 0.145 e. The highest BCUT2D eigenvalue weighted by molar-refractivity contribution is 5.34. The van der Waals surface area contributed by atoms with Gasteiger partial charge in [0.25, 0.3) is 0 Å². The molecule has 0 aliphatic heterocycles. The maximum absolute atomic E-state index is 13.9. The Morgan fingerprint density at radius 3 is 2.42 bits per heavy atom. The van der Waals surface area contributed by atoms with E-state index in [0.717, 1.165) is 6.54 Å². The SMILES string of the molecule is CC1(C)C(CNCc2cccc(C#N)c2F)C1(C)C. The van der Waals surface area contributed by atoms with Crippen molar-refractivity contribution < 1.29 is 4.39 Å². The Hall–Kier alpha value is -1.40. The molecule has 2 nitrogen and oxygen atoms in total. The van der Waals surface area contributed by atoms with E-state index in [2.05, 4.69) is 33.0 Å². The van der Waals surface area contributed by atoms with Crippen LogP contribution in [0.15, 0.2) is 18.2 Å². The van der Waals surface area contributed by atoms with Gasteiger partial charge >= 0.3 is 0 Å². The van der Waals surface area contributed by atoms with Crippen LogP contribution in [0, 0.1) is 33.9 Å². The molecule has 1 aromatic rings. The number of nitrogens with one attached hydrogen (secondary N) is 1. The van der Waals surface area contributed by atoms with Gasteiger partial charge in [-0.2, -0.15) is 5.26 Å². The predicted octanol–water partition coefficient (Wildman–Crippen LogP) is 3.47. The molecule has 1 fully saturated rings. The van der Waals surface area contributed by atoms with Crippen LogP contribution in [-0.2, 0) is 6.54 Å². The van der Waals surface area contributed by atoms with Crippen LogP contribution in [-0.4, -0.2) is 6.54 Å². The van der Waals surface area contributed by atoms with Crippen molar-refractivity contribution in [2.45, 2.75) is 34.2 Å². The Kier molecular flexibility index (Phi) is 3.40. The van der Waals surface area contributed by atoms with Crippen molar-refractivity contribution >= 4 is 0 Å². The Morgan fingerprint density at radius 1 is 1.26 bits per heavy atom. The molecule has 0 heterocycles. The molecular weight excluding hydrogens is 239 g/mol. The third-order valence-electron chi connectivity index (χ3n) is 5.18. The van der Waals surface area contributed by atoms with E-state index in [1.165, 1.54) is 6.07 Å². The number of rotatable bonds is 4. The third-order valence-corrected chi connectivity index (χ3v) is 5.18. The van der Waals surface area contributed by atoms with Crippen LogP contribution < -0.4 is 5.32 Å². The molecule has 0 spiro atoms. The highest BCUT2D eigenvalue weighted by Gasteiger charge is 2.63. The van der Waals surface area contributed by atoms with Gasteiger partial charge in [-0.25, -0.2) is 4.39 Å². The minimum absolute atomic E-state index is 0.117. The number of halogens is 1. The van der Waals surface area contributed by atoms with Gasteiger partial charge in [-0.1, -0.05) is 39.8 Å². The minimum Gasteiger partial charge on any atom is -0.312 e. The van der Waals surface area contributed by atoms with Crippen molar-refractivity contribution in [3.05, 3.63) is 35.1 Å². The van der Waals surface area contributed by atoms with Crippen LogP contribution in [0.5, 0.6) is 0 Å². The molecule has 1 aromatic carbocycles. The summed E-state index contributed by atoms with van der Waals surface area (Å²) in [5, 5.41) is 12.1. The lowest BCUT2D eigenvalue weighted by molar-refractivity contribution is 0.457. The molecule has 0 aromatic heterocycles. The summed E-state index contributed by atoms with van der Waals surface area (Å²) < 4.78 is 13.9. The van der Waals surface area contributed by atoms with Crippen molar-refractivity contribution in [2.24, 2.45) is 16.7 Å². The zero-order chi connectivity index (χ0) is 14.3. The lowest BCUT2D eigenvalue weighted by atomic mass is 10.0. The summed E-state index contributed by atoms with van der Waals surface area (Å²) in [6, 6.07) is 6.83. The normalized spacial score (nSPS) is 20.0. The van der Waals surface area contributed by atoms with Gasteiger partial charge in [0.1, 0.15) is 11.9 Å². The van der Waals surface area contributed by atoms with Gasteiger partial charge in [0.05, 0.1) is 5.56 Å². The molecule has 0 unspecified atom stereocenters. The maximum Gasteiger partial charge on any atom is 0.145 e. The highest BCUT2D eigenvalue weighted by atomic mass is 19.1. The van der Waals surface area contributed by atoms with Gasteiger partial charge in [-0.3, -0.25) is 0 Å². The summed E-state index contributed by atoms with van der Waals surface area (Å²) in [6.07, 6.45) is 0. The lowest BCUT2D eigenvalue weighted by Gasteiger charge is -2.08. The van der Waals surface area contributed by atoms with Gasteiger partial charge in [0, 0.05) is 12.1 Å². The van der Waals surface area contributed by atoms with Crippen LogP contribution >= 0.6 is 0 Å². The second-order valence-electron chi connectivity index (χ2n) is 6.52. The fourth-order valence-corrected chi connectivity index (χ4v) is 3.00. The van der Waals surface area contributed by atoms with Crippen LogP contribution in [0.25, 0.3) is 0 Å². The zero-order valence-corrected chi connectivity index (χ0v) is 12.0. The van der Waals surface area contributed by atoms with Gasteiger partial charge in [-0.15, -0.1) is 0 Å². The Labute approximate surface area is 114 Å². The van der Waals surface area contributed by atoms with Crippen LogP contribution in [0.2, 0.25) is 0 Å². The number of benzene rings is 1. The molecule has 1 N–H and O–H groups in total. The predicted molar refractivity (Wildman–Crippen MR) is 73.9 cm³/mol. The molecule has 0 amide bonds. The van der Waals surface area contributed by atoms with Gasteiger partial charge in [0.2, 0.25) is 0 Å². The fourth-order valence-electron chi connectivity index (χ4n) is 3.00. The largest absolute Gasteiger partial charge is 0.312 e. The molecule has 0 atom stereocenters. The van der Waals surface area contributed by atoms with E-state index in [1.54, 1.807) is 12.1 Å². The van der Waals surface area contributed by atoms with Gasteiger partial charge in [0.15, 0.2) is 0 Å². The zero-order valence-electron chi connectivity index (χ0n) is 12.0. The number of hydrogen-bond donors (Lipinski definition) is 1. The molecule has 0 bridgehead atoms. The average molecular weight is 260 g/mol. The van der Waals surface area contributed by atoms with Crippen LogP contribution in [0.3, 0.4) is 0 Å². The first-order valence-electron chi connectivity index (χ1n) is 6.70. The molecule has 102 valence electrons. The second kappa shape index (κ2) is 4.61. The van der Waals surface area contributed by atoms with E-state index >= 15 is 0 Å². The summed E-state index contributed by atoms with van der Waals surface area (Å²) in [5.41, 5.74) is 1.36. The molecule has 2 rings (SSSR count). The summed E-state index contributed by atoms with van der Waals surface area (Å²) in [5.74, 6) is 0.217. The monoisotopic (exact) mass is 260 g/mol. The topological polar surface area (TPSA) is 35.8 Å². The molecule has 1 aliphatic rings. The van der Waals surface area contributed by atoms with Crippen molar-refractivity contribution in [3.8, 4) is 6.07 Å². The summed E-state index contributed by atoms with van der Waals surface area (Å²) in [6.45, 7) is 10.5. The number of nitrogens with zero attached hydrogens (tertiary/aromatic N) is 1. The third kappa shape index (κ3) is 2.26. The first kappa shape index (κ1) is 14.0. The molecule has 0 radical (unpaired) electrons. The molecule has 0 saturated heterocycles. The number of hydrogen-bond acceptors (Lipinski definition) is 2.